The first-order valence-electron chi connectivity index (χ1n) is 3.93. The highest BCUT2D eigenvalue weighted by Crippen LogP contribution is 2.18. The van der Waals surface area contributed by atoms with Crippen molar-refractivity contribution in [3.05, 3.63) is 34.8 Å². The number of halogens is 1. The van der Waals surface area contributed by atoms with Crippen LogP contribution in [0.1, 0.15) is 5.69 Å². The smallest absolute Gasteiger partial charge is 0.0867 e. The molecule has 2 rings (SSSR count). The number of rotatable bonds is 2. The monoisotopic (exact) mass is 254 g/mol. The average molecular weight is 255 g/mol. The summed E-state index contributed by atoms with van der Waals surface area (Å²) >= 11 is 3.30. The first-order valence-corrected chi connectivity index (χ1v) is 4.72. The third-order valence-corrected chi connectivity index (χ3v) is 2.44. The van der Waals surface area contributed by atoms with E-state index in [1.165, 1.54) is 0 Å². The van der Waals surface area contributed by atoms with E-state index < -0.39 is 0 Å². The van der Waals surface area contributed by atoms with E-state index in [1.54, 1.807) is 29.3 Å². The van der Waals surface area contributed by atoms with E-state index >= 15 is 0 Å². The Balaban J connectivity index is 2.52. The van der Waals surface area contributed by atoms with Crippen LogP contribution in [0.5, 0.6) is 0 Å². The summed E-state index contributed by atoms with van der Waals surface area (Å²) in [6, 6.07) is 1.77. The van der Waals surface area contributed by atoms with Gasteiger partial charge in [0.1, 0.15) is 0 Å². The topological polar surface area (TPSA) is 63.8 Å². The van der Waals surface area contributed by atoms with Crippen molar-refractivity contribution in [3.8, 4) is 5.69 Å². The highest BCUT2D eigenvalue weighted by Gasteiger charge is 2.08. The van der Waals surface area contributed by atoms with Gasteiger partial charge >= 0.3 is 0 Å². The minimum Gasteiger partial charge on any atom is -0.390 e. The molecule has 72 valence electrons. The second-order valence-corrected chi connectivity index (χ2v) is 3.46. The molecule has 0 aromatic carbocycles. The van der Waals surface area contributed by atoms with Crippen molar-refractivity contribution >= 4 is 15.9 Å². The summed E-state index contributed by atoms with van der Waals surface area (Å²) in [6.45, 7) is -0.0805. The van der Waals surface area contributed by atoms with E-state index in [-0.39, 0.29) is 6.61 Å². The average Bonchev–Trinajstić information content (AvgIpc) is 2.61. The van der Waals surface area contributed by atoms with Crippen molar-refractivity contribution in [3.63, 3.8) is 0 Å². The molecule has 2 aromatic rings. The predicted octanol–water partition coefficient (Wildman–Crippen LogP) is 0.917. The van der Waals surface area contributed by atoms with Gasteiger partial charge in [-0.1, -0.05) is 0 Å². The van der Waals surface area contributed by atoms with Crippen molar-refractivity contribution in [1.82, 2.24) is 20.0 Å². The second kappa shape index (κ2) is 3.85. The fourth-order valence-corrected chi connectivity index (χ4v) is 1.51. The van der Waals surface area contributed by atoms with Gasteiger partial charge < -0.3 is 5.11 Å². The zero-order valence-electron chi connectivity index (χ0n) is 7.13. The minimum atomic E-state index is -0.0805. The van der Waals surface area contributed by atoms with Crippen LogP contribution in [0.4, 0.5) is 0 Å². The molecule has 2 heterocycles. The fraction of sp³-hybridized carbons (Fsp3) is 0.125. The van der Waals surface area contributed by atoms with Gasteiger partial charge in [-0.3, -0.25) is 0 Å². The van der Waals surface area contributed by atoms with E-state index in [0.29, 0.717) is 5.69 Å². The molecule has 0 saturated heterocycles. The lowest BCUT2D eigenvalue weighted by Crippen LogP contribution is -2.02. The van der Waals surface area contributed by atoms with Gasteiger partial charge in [-0.15, -0.1) is 0 Å². The summed E-state index contributed by atoms with van der Waals surface area (Å²) in [5.41, 5.74) is 1.47. The van der Waals surface area contributed by atoms with E-state index in [2.05, 4.69) is 31.2 Å². The van der Waals surface area contributed by atoms with E-state index in [1.807, 2.05) is 0 Å². The largest absolute Gasteiger partial charge is 0.390 e. The summed E-state index contributed by atoms with van der Waals surface area (Å²) in [6.07, 6.45) is 4.79. The maximum absolute atomic E-state index is 9.12. The van der Waals surface area contributed by atoms with E-state index in [9.17, 15) is 0 Å². The van der Waals surface area contributed by atoms with Gasteiger partial charge in [-0.2, -0.15) is 15.3 Å². The zero-order valence-corrected chi connectivity index (χ0v) is 8.72. The molecule has 5 nitrogen and oxygen atoms in total. The Labute approximate surface area is 88.5 Å². The molecule has 0 bridgehead atoms. The number of nitrogens with zero attached hydrogens (tertiary/aromatic N) is 4. The predicted molar refractivity (Wildman–Crippen MR) is 52.8 cm³/mol. The Morgan fingerprint density at radius 2 is 2.21 bits per heavy atom. The molecule has 0 fully saturated rings. The number of hydrogen-bond donors (Lipinski definition) is 1. The van der Waals surface area contributed by atoms with Crippen molar-refractivity contribution in [2.24, 2.45) is 0 Å². The first-order chi connectivity index (χ1) is 6.83. The van der Waals surface area contributed by atoms with Gasteiger partial charge in [0, 0.05) is 0 Å². The van der Waals surface area contributed by atoms with Crippen LogP contribution in [0, 0.1) is 0 Å². The van der Waals surface area contributed by atoms with Crippen LogP contribution in [-0.2, 0) is 6.61 Å². The SMILES string of the molecule is OCc1c(Br)cnn1-c1ccnnc1. The van der Waals surface area contributed by atoms with Crippen molar-refractivity contribution in [1.29, 1.82) is 0 Å². The molecular formula is C8H7BrN4O. The molecule has 0 aliphatic rings. The van der Waals surface area contributed by atoms with Crippen LogP contribution < -0.4 is 0 Å². The van der Waals surface area contributed by atoms with Gasteiger partial charge in [0.25, 0.3) is 0 Å². The van der Waals surface area contributed by atoms with Crippen molar-refractivity contribution < 1.29 is 5.11 Å². The van der Waals surface area contributed by atoms with Gasteiger partial charge in [0.05, 0.1) is 41.1 Å². The summed E-state index contributed by atoms with van der Waals surface area (Å²) in [5, 5.41) is 20.6. The Morgan fingerprint density at radius 3 is 2.86 bits per heavy atom. The van der Waals surface area contributed by atoms with Gasteiger partial charge in [0.15, 0.2) is 0 Å². The molecule has 1 N–H and O–H groups in total. The molecule has 0 spiro atoms. The molecule has 0 atom stereocenters. The fourth-order valence-electron chi connectivity index (χ4n) is 1.13. The van der Waals surface area contributed by atoms with Crippen molar-refractivity contribution in [2.45, 2.75) is 6.61 Å². The third-order valence-electron chi connectivity index (χ3n) is 1.78. The summed E-state index contributed by atoms with van der Waals surface area (Å²) in [5.74, 6) is 0. The Kier molecular flexibility index (Phi) is 2.55. The molecule has 14 heavy (non-hydrogen) atoms. The van der Waals surface area contributed by atoms with E-state index in [4.69, 9.17) is 5.11 Å². The van der Waals surface area contributed by atoms with E-state index in [0.717, 1.165) is 10.2 Å². The Hall–Kier alpha value is -1.27. The summed E-state index contributed by atoms with van der Waals surface area (Å²) in [7, 11) is 0. The molecule has 2 aromatic heterocycles. The first kappa shape index (κ1) is 9.29. The quantitative estimate of drug-likeness (QED) is 0.866. The van der Waals surface area contributed by atoms with Crippen LogP contribution >= 0.6 is 15.9 Å². The molecule has 6 heteroatoms. The lowest BCUT2D eigenvalue weighted by molar-refractivity contribution is 0.272. The molecular weight excluding hydrogens is 248 g/mol. The molecule has 0 amide bonds. The standard InChI is InChI=1S/C8H7BrN4O/c9-7-4-12-13(8(7)5-14)6-1-2-10-11-3-6/h1-4,14H,5H2. The maximum atomic E-state index is 9.12. The van der Waals surface area contributed by atoms with Crippen LogP contribution in [0.25, 0.3) is 5.69 Å². The summed E-state index contributed by atoms with van der Waals surface area (Å²) < 4.78 is 2.38. The zero-order chi connectivity index (χ0) is 9.97. The third kappa shape index (κ3) is 1.53. The number of aliphatic hydroxyl groups is 1. The van der Waals surface area contributed by atoms with Gasteiger partial charge in [-0.05, 0) is 22.0 Å². The lowest BCUT2D eigenvalue weighted by Gasteiger charge is -2.03. The highest BCUT2D eigenvalue weighted by atomic mass is 79.9. The number of aliphatic hydroxyl groups excluding tert-OH is 1. The maximum Gasteiger partial charge on any atom is 0.0867 e. The molecule has 0 radical (unpaired) electrons. The number of aromatic nitrogens is 4. The minimum absolute atomic E-state index is 0.0805. The molecule has 0 unspecified atom stereocenters. The van der Waals surface area contributed by atoms with Gasteiger partial charge in [-0.25, -0.2) is 4.68 Å². The number of hydrogen-bond acceptors (Lipinski definition) is 4. The second-order valence-electron chi connectivity index (χ2n) is 2.61. The van der Waals surface area contributed by atoms with Crippen molar-refractivity contribution in [2.75, 3.05) is 0 Å². The van der Waals surface area contributed by atoms with Crippen LogP contribution in [-0.4, -0.2) is 25.1 Å². The molecule has 0 aliphatic carbocycles. The highest BCUT2D eigenvalue weighted by molar-refractivity contribution is 9.10. The molecule has 0 aliphatic heterocycles. The normalized spacial score (nSPS) is 10.4. The summed E-state index contributed by atoms with van der Waals surface area (Å²) in [4.78, 5) is 0. The van der Waals surface area contributed by atoms with Crippen LogP contribution in [0.15, 0.2) is 29.1 Å². The van der Waals surface area contributed by atoms with Crippen LogP contribution in [0.3, 0.4) is 0 Å². The Bertz CT molecular complexity index is 428. The van der Waals surface area contributed by atoms with Gasteiger partial charge in [0.2, 0.25) is 0 Å². The molecule has 0 saturated carbocycles. The lowest BCUT2D eigenvalue weighted by atomic mass is 10.4. The Morgan fingerprint density at radius 1 is 1.36 bits per heavy atom. The van der Waals surface area contributed by atoms with Crippen LogP contribution in [0.2, 0.25) is 0 Å².